The summed E-state index contributed by atoms with van der Waals surface area (Å²) in [6.07, 6.45) is 1.71. The van der Waals surface area contributed by atoms with E-state index in [9.17, 15) is 9.59 Å². The number of aromatic amines is 1. The Labute approximate surface area is 171 Å². The highest BCUT2D eigenvalue weighted by Gasteiger charge is 2.13. The molecule has 2 aromatic rings. The normalized spacial score (nSPS) is 10.6. The van der Waals surface area contributed by atoms with Crippen molar-refractivity contribution in [3.63, 3.8) is 0 Å². The van der Waals surface area contributed by atoms with Crippen LogP contribution in [0.15, 0.2) is 29.1 Å². The molecule has 29 heavy (non-hydrogen) atoms. The van der Waals surface area contributed by atoms with E-state index in [2.05, 4.69) is 24.1 Å². The van der Waals surface area contributed by atoms with Crippen LogP contribution in [0.4, 0.5) is 0 Å². The van der Waals surface area contributed by atoms with Gasteiger partial charge in [-0.3, -0.25) is 9.59 Å². The van der Waals surface area contributed by atoms with E-state index in [0.717, 1.165) is 23.3 Å². The van der Waals surface area contributed by atoms with Crippen molar-refractivity contribution in [2.45, 2.75) is 53.5 Å². The molecule has 0 saturated heterocycles. The molecule has 0 radical (unpaired) electrons. The van der Waals surface area contributed by atoms with E-state index < -0.39 is 0 Å². The van der Waals surface area contributed by atoms with E-state index in [-0.39, 0.29) is 23.5 Å². The lowest BCUT2D eigenvalue weighted by atomic mass is 9.99. The lowest BCUT2D eigenvalue weighted by molar-refractivity contribution is -0.121. The van der Waals surface area contributed by atoms with Crippen LogP contribution in [0.5, 0.6) is 5.75 Å². The molecule has 0 unspecified atom stereocenters. The van der Waals surface area contributed by atoms with Crippen molar-refractivity contribution in [3.8, 4) is 11.8 Å². The smallest absolute Gasteiger partial charge is 0.266 e. The number of nitriles is 1. The van der Waals surface area contributed by atoms with Crippen LogP contribution in [-0.2, 0) is 17.8 Å². The minimum absolute atomic E-state index is 0.0921. The maximum atomic E-state index is 12.4. The van der Waals surface area contributed by atoms with Crippen LogP contribution in [0.1, 0.15) is 54.6 Å². The molecule has 0 fully saturated rings. The second-order valence-corrected chi connectivity index (χ2v) is 7.58. The summed E-state index contributed by atoms with van der Waals surface area (Å²) in [6.45, 7) is 8.88. The van der Waals surface area contributed by atoms with Crippen molar-refractivity contribution in [3.05, 3.63) is 62.6 Å². The van der Waals surface area contributed by atoms with Crippen molar-refractivity contribution in [1.29, 1.82) is 5.26 Å². The number of nitrogens with one attached hydrogen (secondary N) is 2. The van der Waals surface area contributed by atoms with Crippen LogP contribution in [0.2, 0.25) is 0 Å². The zero-order valence-electron chi connectivity index (χ0n) is 17.6. The first-order chi connectivity index (χ1) is 13.8. The van der Waals surface area contributed by atoms with Gasteiger partial charge in [0.2, 0.25) is 5.91 Å². The van der Waals surface area contributed by atoms with Crippen LogP contribution < -0.4 is 15.6 Å². The maximum absolute atomic E-state index is 12.4. The summed E-state index contributed by atoms with van der Waals surface area (Å²) in [4.78, 5) is 26.9. The molecule has 2 N–H and O–H groups in total. The Balaban J connectivity index is 1.95. The van der Waals surface area contributed by atoms with Crippen LogP contribution in [-0.4, -0.2) is 17.5 Å². The molecular formula is C23H29N3O3. The predicted octanol–water partition coefficient (Wildman–Crippen LogP) is 3.54. The summed E-state index contributed by atoms with van der Waals surface area (Å²) in [5.41, 5.74) is 2.85. The van der Waals surface area contributed by atoms with Crippen molar-refractivity contribution >= 4 is 5.91 Å². The third kappa shape index (κ3) is 6.21. The average molecular weight is 396 g/mol. The summed E-state index contributed by atoms with van der Waals surface area (Å²) in [5, 5.41) is 12.1. The fourth-order valence-electron chi connectivity index (χ4n) is 3.14. The minimum Gasteiger partial charge on any atom is -0.493 e. The van der Waals surface area contributed by atoms with E-state index in [1.54, 1.807) is 13.8 Å². The second kappa shape index (κ2) is 10.5. The van der Waals surface area contributed by atoms with Gasteiger partial charge in [0.15, 0.2) is 0 Å². The molecule has 0 spiro atoms. The number of carbonyl (C=O) groups excluding carboxylic acids is 1. The molecule has 0 saturated carbocycles. The molecule has 0 aliphatic carbocycles. The molecule has 6 nitrogen and oxygen atoms in total. The molecule has 1 aromatic heterocycles. The van der Waals surface area contributed by atoms with Gasteiger partial charge in [0.05, 0.1) is 6.61 Å². The Hall–Kier alpha value is -3.07. The molecule has 1 amide bonds. The zero-order valence-corrected chi connectivity index (χ0v) is 17.6. The van der Waals surface area contributed by atoms with Gasteiger partial charge in [-0.05, 0) is 49.8 Å². The SMILES string of the molecule is Cc1[nH]c(=O)c(C#N)c(C)c1CCC(=O)NCc1ccccc1OCCC(C)C. The van der Waals surface area contributed by atoms with Gasteiger partial charge in [-0.15, -0.1) is 0 Å². The van der Waals surface area contributed by atoms with Crippen molar-refractivity contribution < 1.29 is 9.53 Å². The molecule has 2 rings (SSSR count). The van der Waals surface area contributed by atoms with E-state index in [0.29, 0.717) is 36.7 Å². The number of H-pyrrole nitrogens is 1. The Morgan fingerprint density at radius 1 is 1.28 bits per heavy atom. The molecule has 154 valence electrons. The molecule has 0 aliphatic rings. The number of hydrogen-bond acceptors (Lipinski definition) is 4. The van der Waals surface area contributed by atoms with Gasteiger partial charge in [0.25, 0.3) is 5.56 Å². The van der Waals surface area contributed by atoms with Crippen molar-refractivity contribution in [2.75, 3.05) is 6.61 Å². The molecular weight excluding hydrogens is 366 g/mol. The highest BCUT2D eigenvalue weighted by atomic mass is 16.5. The largest absolute Gasteiger partial charge is 0.493 e. The summed E-state index contributed by atoms with van der Waals surface area (Å²) < 4.78 is 5.86. The van der Waals surface area contributed by atoms with Crippen LogP contribution in [0.25, 0.3) is 0 Å². The number of carbonyl (C=O) groups is 1. The Bertz CT molecular complexity index is 955. The maximum Gasteiger partial charge on any atom is 0.266 e. The molecule has 0 aliphatic heterocycles. The number of pyridine rings is 1. The van der Waals surface area contributed by atoms with Crippen LogP contribution in [0, 0.1) is 31.1 Å². The number of nitrogens with zero attached hydrogens (tertiary/aromatic N) is 1. The van der Waals surface area contributed by atoms with Crippen LogP contribution >= 0.6 is 0 Å². The van der Waals surface area contributed by atoms with Gasteiger partial charge in [-0.2, -0.15) is 5.26 Å². The van der Waals surface area contributed by atoms with Gasteiger partial charge in [0.1, 0.15) is 17.4 Å². The topological polar surface area (TPSA) is 95.0 Å². The lowest BCUT2D eigenvalue weighted by Crippen LogP contribution is -2.24. The minimum atomic E-state index is -0.384. The fraction of sp³-hybridized carbons (Fsp3) is 0.435. The zero-order chi connectivity index (χ0) is 21.4. The third-order valence-electron chi connectivity index (χ3n) is 4.92. The third-order valence-corrected chi connectivity index (χ3v) is 4.92. The van der Waals surface area contributed by atoms with E-state index in [1.807, 2.05) is 30.3 Å². The van der Waals surface area contributed by atoms with Gasteiger partial charge in [-0.25, -0.2) is 0 Å². The number of aryl methyl sites for hydroxylation is 1. The number of benzene rings is 1. The fourth-order valence-corrected chi connectivity index (χ4v) is 3.14. The van der Waals surface area contributed by atoms with Crippen molar-refractivity contribution in [1.82, 2.24) is 10.3 Å². The summed E-state index contributed by atoms with van der Waals surface area (Å²) in [6, 6.07) is 9.64. The number of rotatable bonds is 9. The lowest BCUT2D eigenvalue weighted by Gasteiger charge is -2.14. The first-order valence-corrected chi connectivity index (χ1v) is 9.93. The van der Waals surface area contributed by atoms with Crippen molar-refractivity contribution in [2.24, 2.45) is 5.92 Å². The molecule has 0 bridgehead atoms. The number of aromatic nitrogens is 1. The van der Waals surface area contributed by atoms with E-state index in [1.165, 1.54) is 0 Å². The highest BCUT2D eigenvalue weighted by molar-refractivity contribution is 5.76. The first kappa shape index (κ1) is 22.2. The number of ether oxygens (including phenoxy) is 1. The second-order valence-electron chi connectivity index (χ2n) is 7.58. The Morgan fingerprint density at radius 3 is 2.69 bits per heavy atom. The average Bonchev–Trinajstić information content (AvgIpc) is 2.66. The number of para-hydroxylation sites is 1. The molecule has 6 heteroatoms. The first-order valence-electron chi connectivity index (χ1n) is 9.93. The monoisotopic (exact) mass is 395 g/mol. The number of hydrogen-bond donors (Lipinski definition) is 2. The van der Waals surface area contributed by atoms with Gasteiger partial charge in [0, 0.05) is 24.2 Å². The summed E-state index contributed by atoms with van der Waals surface area (Å²) in [5.74, 6) is 1.27. The number of amides is 1. The molecule has 0 atom stereocenters. The van der Waals surface area contributed by atoms with Gasteiger partial charge < -0.3 is 15.0 Å². The van der Waals surface area contributed by atoms with E-state index >= 15 is 0 Å². The van der Waals surface area contributed by atoms with Gasteiger partial charge >= 0.3 is 0 Å². The van der Waals surface area contributed by atoms with Crippen LogP contribution in [0.3, 0.4) is 0 Å². The quantitative estimate of drug-likeness (QED) is 0.679. The van der Waals surface area contributed by atoms with E-state index in [4.69, 9.17) is 10.00 Å². The van der Waals surface area contributed by atoms with Gasteiger partial charge in [-0.1, -0.05) is 32.0 Å². The molecule has 1 aromatic carbocycles. The molecule has 1 heterocycles. The summed E-state index contributed by atoms with van der Waals surface area (Å²) >= 11 is 0. The Morgan fingerprint density at radius 2 is 2.00 bits per heavy atom. The standard InChI is InChI=1S/C23H29N3O3/c1-15(2)11-12-29-21-8-6-5-7-18(21)14-25-22(27)10-9-19-16(3)20(13-24)23(28)26-17(19)4/h5-8,15H,9-12,14H2,1-4H3,(H,25,27)(H,26,28). The summed E-state index contributed by atoms with van der Waals surface area (Å²) in [7, 11) is 0. The highest BCUT2D eigenvalue weighted by Crippen LogP contribution is 2.19. The Kier molecular flexibility index (Phi) is 8.02. The predicted molar refractivity (Wildman–Crippen MR) is 113 cm³/mol.